The number of aromatic nitrogens is 1. The van der Waals surface area contributed by atoms with Crippen LogP contribution < -0.4 is 16.4 Å². The summed E-state index contributed by atoms with van der Waals surface area (Å²) in [7, 11) is 0. The maximum absolute atomic E-state index is 13.4. The van der Waals surface area contributed by atoms with Gasteiger partial charge in [0.15, 0.2) is 11.6 Å². The number of para-hydroxylation sites is 1. The standard InChI is InChI=1S/C17H10F5N.C11H15N3O/c18-14-6-5-11(9-15(14)19)13-3-1-2-4-16(13)23-8-7-12(10-23)17(20,21)22;12-11(15)9-4-2-1-3-8(9)10-7-13-5-6-14-10/h1-10H;1-4,10,13-14H,5-7H2,(H2,12,15). The van der Waals surface area contributed by atoms with Crippen molar-refractivity contribution >= 4 is 5.91 Å². The van der Waals surface area contributed by atoms with Crippen molar-refractivity contribution in [1.82, 2.24) is 15.2 Å². The number of halogens is 5. The van der Waals surface area contributed by atoms with Crippen LogP contribution in [0.1, 0.15) is 27.5 Å². The van der Waals surface area contributed by atoms with E-state index in [1.165, 1.54) is 16.8 Å². The van der Waals surface area contributed by atoms with E-state index in [1.54, 1.807) is 30.3 Å². The Kier molecular flexibility index (Phi) is 8.23. The number of amides is 1. The summed E-state index contributed by atoms with van der Waals surface area (Å²) in [5.74, 6) is -2.36. The van der Waals surface area contributed by atoms with E-state index in [0.717, 1.165) is 49.6 Å². The number of carbonyl (C=O) groups excluding carboxylic acids is 1. The Balaban J connectivity index is 0.000000194. The lowest BCUT2D eigenvalue weighted by Gasteiger charge is -2.26. The predicted molar refractivity (Wildman–Crippen MR) is 135 cm³/mol. The van der Waals surface area contributed by atoms with Gasteiger partial charge in [-0.05, 0) is 41.5 Å². The van der Waals surface area contributed by atoms with E-state index in [2.05, 4.69) is 10.6 Å². The largest absolute Gasteiger partial charge is 0.417 e. The number of nitrogens with one attached hydrogen (secondary N) is 2. The summed E-state index contributed by atoms with van der Waals surface area (Å²) in [6, 6.07) is 18.6. The molecule has 1 atom stereocenters. The predicted octanol–water partition coefficient (Wildman–Crippen LogP) is 5.46. The molecule has 1 saturated heterocycles. The lowest BCUT2D eigenvalue weighted by Crippen LogP contribution is -2.43. The summed E-state index contributed by atoms with van der Waals surface area (Å²) in [5, 5.41) is 6.65. The molecule has 4 aromatic rings. The Labute approximate surface area is 216 Å². The minimum atomic E-state index is -4.44. The number of rotatable bonds is 4. The average Bonchev–Trinajstić information content (AvgIpc) is 3.42. The quantitative estimate of drug-likeness (QED) is 0.308. The zero-order chi connectivity index (χ0) is 27.3. The third kappa shape index (κ3) is 6.27. The summed E-state index contributed by atoms with van der Waals surface area (Å²) < 4.78 is 66.0. The molecule has 1 aromatic heterocycles. The molecule has 1 aliphatic rings. The van der Waals surface area contributed by atoms with Gasteiger partial charge in [-0.3, -0.25) is 4.79 Å². The highest BCUT2D eigenvalue weighted by atomic mass is 19.4. The molecule has 0 saturated carbocycles. The Morgan fingerprint density at radius 3 is 2.32 bits per heavy atom. The van der Waals surface area contributed by atoms with Gasteiger partial charge in [-0.25, -0.2) is 8.78 Å². The van der Waals surface area contributed by atoms with Gasteiger partial charge < -0.3 is 20.9 Å². The van der Waals surface area contributed by atoms with Gasteiger partial charge >= 0.3 is 6.18 Å². The van der Waals surface area contributed by atoms with Crippen molar-refractivity contribution < 1.29 is 26.7 Å². The van der Waals surface area contributed by atoms with Crippen molar-refractivity contribution in [2.45, 2.75) is 12.2 Å². The monoisotopic (exact) mass is 528 g/mol. The maximum Gasteiger partial charge on any atom is 0.417 e. The van der Waals surface area contributed by atoms with Crippen molar-refractivity contribution in [3.05, 3.63) is 114 Å². The number of piperazine rings is 1. The van der Waals surface area contributed by atoms with Gasteiger partial charge in [-0.15, -0.1) is 0 Å². The van der Waals surface area contributed by atoms with Crippen LogP contribution in [0.3, 0.4) is 0 Å². The summed E-state index contributed by atoms with van der Waals surface area (Å²) in [6.45, 7) is 2.72. The van der Waals surface area contributed by atoms with Crippen molar-refractivity contribution in [2.75, 3.05) is 19.6 Å². The Morgan fingerprint density at radius 2 is 1.66 bits per heavy atom. The molecule has 10 heteroatoms. The molecule has 1 aliphatic heterocycles. The van der Waals surface area contributed by atoms with Crippen LogP contribution in [-0.4, -0.2) is 30.1 Å². The molecule has 2 heterocycles. The van der Waals surface area contributed by atoms with E-state index in [-0.39, 0.29) is 11.9 Å². The average molecular weight is 529 g/mol. The van der Waals surface area contributed by atoms with Crippen molar-refractivity contribution in [3.63, 3.8) is 0 Å². The molecule has 1 fully saturated rings. The van der Waals surface area contributed by atoms with E-state index >= 15 is 0 Å². The highest BCUT2D eigenvalue weighted by Gasteiger charge is 2.31. The second-order valence-corrected chi connectivity index (χ2v) is 8.61. The third-order valence-corrected chi connectivity index (χ3v) is 6.08. The molecule has 0 bridgehead atoms. The highest BCUT2D eigenvalue weighted by molar-refractivity contribution is 5.94. The minimum absolute atomic E-state index is 0.183. The number of primary amides is 1. The fraction of sp³-hybridized carbons (Fsp3) is 0.179. The number of hydrogen-bond acceptors (Lipinski definition) is 3. The number of alkyl halides is 3. The van der Waals surface area contributed by atoms with Gasteiger partial charge in [-0.2, -0.15) is 13.2 Å². The second kappa shape index (κ2) is 11.6. The van der Waals surface area contributed by atoms with Crippen LogP contribution in [0.4, 0.5) is 22.0 Å². The van der Waals surface area contributed by atoms with Crippen LogP contribution >= 0.6 is 0 Å². The van der Waals surface area contributed by atoms with Crippen molar-refractivity contribution in [2.24, 2.45) is 5.73 Å². The topological polar surface area (TPSA) is 72.1 Å². The fourth-order valence-corrected chi connectivity index (χ4v) is 4.22. The highest BCUT2D eigenvalue weighted by Crippen LogP contribution is 2.33. The van der Waals surface area contributed by atoms with E-state index in [9.17, 15) is 26.7 Å². The summed E-state index contributed by atoms with van der Waals surface area (Å²) in [6.07, 6.45) is -2.21. The molecular formula is C28H25F5N4O. The fourth-order valence-electron chi connectivity index (χ4n) is 4.22. The van der Waals surface area contributed by atoms with E-state index in [0.29, 0.717) is 22.4 Å². The van der Waals surface area contributed by atoms with Gasteiger partial charge in [0.25, 0.3) is 0 Å². The summed E-state index contributed by atoms with van der Waals surface area (Å²) in [5.41, 5.74) is 7.46. The van der Waals surface area contributed by atoms with Crippen molar-refractivity contribution in [1.29, 1.82) is 0 Å². The molecule has 0 aliphatic carbocycles. The normalized spacial score (nSPS) is 15.4. The number of carbonyl (C=O) groups is 1. The Morgan fingerprint density at radius 1 is 0.921 bits per heavy atom. The van der Waals surface area contributed by atoms with Crippen LogP contribution in [0, 0.1) is 11.6 Å². The lowest BCUT2D eigenvalue weighted by atomic mass is 9.99. The Bertz CT molecular complexity index is 1410. The van der Waals surface area contributed by atoms with Crippen LogP contribution in [-0.2, 0) is 6.18 Å². The zero-order valence-corrected chi connectivity index (χ0v) is 20.1. The molecule has 1 amide bonds. The number of hydrogen-bond donors (Lipinski definition) is 3. The molecular weight excluding hydrogens is 503 g/mol. The first kappa shape index (κ1) is 27.0. The van der Waals surface area contributed by atoms with Gasteiger partial charge in [-0.1, -0.05) is 42.5 Å². The van der Waals surface area contributed by atoms with Gasteiger partial charge in [0.05, 0.1) is 11.3 Å². The van der Waals surface area contributed by atoms with Crippen LogP contribution in [0.15, 0.2) is 85.2 Å². The summed E-state index contributed by atoms with van der Waals surface area (Å²) >= 11 is 0. The first-order chi connectivity index (χ1) is 18.1. The first-order valence-electron chi connectivity index (χ1n) is 11.8. The molecule has 3 aromatic carbocycles. The first-order valence-corrected chi connectivity index (χ1v) is 11.8. The van der Waals surface area contributed by atoms with E-state index < -0.39 is 23.4 Å². The maximum atomic E-state index is 13.4. The van der Waals surface area contributed by atoms with Gasteiger partial charge in [0, 0.05) is 49.2 Å². The number of nitrogens with two attached hydrogens (primary N) is 1. The third-order valence-electron chi connectivity index (χ3n) is 6.08. The molecule has 38 heavy (non-hydrogen) atoms. The minimum Gasteiger partial charge on any atom is -0.366 e. The van der Waals surface area contributed by atoms with Gasteiger partial charge in [0.2, 0.25) is 5.91 Å². The lowest BCUT2D eigenvalue weighted by molar-refractivity contribution is -0.137. The molecule has 198 valence electrons. The smallest absolute Gasteiger partial charge is 0.366 e. The molecule has 5 rings (SSSR count). The molecule has 5 nitrogen and oxygen atoms in total. The molecule has 0 radical (unpaired) electrons. The number of nitrogens with zero attached hydrogens (tertiary/aromatic N) is 1. The van der Waals surface area contributed by atoms with Crippen molar-refractivity contribution in [3.8, 4) is 16.8 Å². The van der Waals surface area contributed by atoms with Crippen LogP contribution in [0.5, 0.6) is 0 Å². The SMILES string of the molecule is Fc1ccc(-c2ccccc2-n2ccc(C(F)(F)F)c2)cc1F.NC(=O)c1ccccc1C1CNCCN1. The van der Waals surface area contributed by atoms with E-state index in [4.69, 9.17) is 5.73 Å². The molecule has 4 N–H and O–H groups in total. The zero-order valence-electron chi connectivity index (χ0n) is 20.1. The second-order valence-electron chi connectivity index (χ2n) is 8.61. The van der Waals surface area contributed by atoms with Gasteiger partial charge in [0.1, 0.15) is 0 Å². The molecule has 0 spiro atoms. The number of benzene rings is 3. The summed E-state index contributed by atoms with van der Waals surface area (Å²) in [4.78, 5) is 11.2. The van der Waals surface area contributed by atoms with Crippen LogP contribution in [0.25, 0.3) is 16.8 Å². The van der Waals surface area contributed by atoms with E-state index in [1.807, 2.05) is 18.2 Å². The van der Waals surface area contributed by atoms with Crippen LogP contribution in [0.2, 0.25) is 0 Å². The Hall–Kier alpha value is -4.02. The molecule has 1 unspecified atom stereocenters.